The third-order valence-corrected chi connectivity index (χ3v) is 3.61. The molecule has 0 aromatic carbocycles. The molecular weight excluding hydrogens is 274 g/mol. The van der Waals surface area contributed by atoms with Crippen molar-refractivity contribution >= 4 is 17.2 Å². The van der Waals surface area contributed by atoms with Crippen LogP contribution in [0.2, 0.25) is 0 Å². The van der Waals surface area contributed by atoms with Crippen LogP contribution in [0.25, 0.3) is 0 Å². The standard InChI is InChI=1S/C14H15N3O2S/c1-10-8-13(17(2)16-10)14(19)15-9-12-6-5-11(20-12)4-3-7-18/h5-6,8,18H,7,9H2,1-2H3,(H,15,19). The lowest BCUT2D eigenvalue weighted by Crippen LogP contribution is -2.24. The molecule has 0 spiro atoms. The SMILES string of the molecule is Cc1cc(C(=O)NCc2ccc(C#CCO)s2)n(C)n1. The molecule has 0 bridgehead atoms. The van der Waals surface area contributed by atoms with Crippen molar-refractivity contribution < 1.29 is 9.90 Å². The number of nitrogens with one attached hydrogen (secondary N) is 1. The Balaban J connectivity index is 1.96. The van der Waals surface area contributed by atoms with Gasteiger partial charge in [-0.3, -0.25) is 9.48 Å². The van der Waals surface area contributed by atoms with Crippen LogP contribution in [0.1, 0.15) is 25.9 Å². The van der Waals surface area contributed by atoms with Gasteiger partial charge in [-0.15, -0.1) is 11.3 Å². The minimum atomic E-state index is -0.149. The minimum Gasteiger partial charge on any atom is -0.384 e. The molecule has 0 fully saturated rings. The van der Waals surface area contributed by atoms with E-state index in [1.54, 1.807) is 17.8 Å². The van der Waals surface area contributed by atoms with Crippen LogP contribution in [-0.4, -0.2) is 27.4 Å². The maximum atomic E-state index is 12.0. The first kappa shape index (κ1) is 14.3. The van der Waals surface area contributed by atoms with Gasteiger partial charge >= 0.3 is 0 Å². The lowest BCUT2D eigenvalue weighted by Gasteiger charge is -2.03. The fourth-order valence-electron chi connectivity index (χ4n) is 1.75. The Labute approximate surface area is 121 Å². The predicted molar refractivity (Wildman–Crippen MR) is 77.4 cm³/mol. The maximum Gasteiger partial charge on any atom is 0.269 e. The Morgan fingerprint density at radius 1 is 1.55 bits per heavy atom. The number of aromatic nitrogens is 2. The van der Waals surface area contributed by atoms with E-state index in [9.17, 15) is 4.79 Å². The van der Waals surface area contributed by atoms with E-state index >= 15 is 0 Å². The fraction of sp³-hybridized carbons (Fsp3) is 0.286. The molecule has 104 valence electrons. The largest absolute Gasteiger partial charge is 0.384 e. The highest BCUT2D eigenvalue weighted by Gasteiger charge is 2.11. The summed E-state index contributed by atoms with van der Waals surface area (Å²) in [6.07, 6.45) is 0. The molecule has 0 radical (unpaired) electrons. The number of hydrogen-bond acceptors (Lipinski definition) is 4. The second-order valence-electron chi connectivity index (χ2n) is 4.20. The summed E-state index contributed by atoms with van der Waals surface area (Å²) >= 11 is 1.50. The molecule has 0 saturated heterocycles. The number of aliphatic hydroxyl groups is 1. The van der Waals surface area contributed by atoms with E-state index in [0.717, 1.165) is 15.4 Å². The van der Waals surface area contributed by atoms with E-state index in [1.807, 2.05) is 19.1 Å². The average Bonchev–Trinajstić information content (AvgIpc) is 3.00. The molecule has 0 aliphatic carbocycles. The summed E-state index contributed by atoms with van der Waals surface area (Å²) in [5.74, 6) is 5.29. The molecule has 0 atom stereocenters. The molecule has 0 unspecified atom stereocenters. The molecule has 2 rings (SSSR count). The first-order valence-corrected chi connectivity index (χ1v) is 6.89. The van der Waals surface area contributed by atoms with Gasteiger partial charge in [-0.1, -0.05) is 11.8 Å². The van der Waals surface area contributed by atoms with Crippen molar-refractivity contribution in [2.75, 3.05) is 6.61 Å². The zero-order chi connectivity index (χ0) is 14.5. The van der Waals surface area contributed by atoms with Gasteiger partial charge in [0.15, 0.2) is 0 Å². The van der Waals surface area contributed by atoms with E-state index in [4.69, 9.17) is 5.11 Å². The van der Waals surface area contributed by atoms with Gasteiger partial charge in [-0.05, 0) is 25.1 Å². The quantitative estimate of drug-likeness (QED) is 0.830. The highest BCUT2D eigenvalue weighted by molar-refractivity contribution is 7.12. The van der Waals surface area contributed by atoms with E-state index in [-0.39, 0.29) is 12.5 Å². The summed E-state index contributed by atoms with van der Waals surface area (Å²) in [5, 5.41) is 15.6. The highest BCUT2D eigenvalue weighted by Crippen LogP contribution is 2.15. The van der Waals surface area contributed by atoms with Crippen molar-refractivity contribution in [1.82, 2.24) is 15.1 Å². The van der Waals surface area contributed by atoms with Gasteiger partial charge in [0.05, 0.1) is 17.1 Å². The minimum absolute atomic E-state index is 0.149. The van der Waals surface area contributed by atoms with Gasteiger partial charge in [-0.25, -0.2) is 0 Å². The van der Waals surface area contributed by atoms with Crippen LogP contribution >= 0.6 is 11.3 Å². The van der Waals surface area contributed by atoms with Crippen molar-refractivity contribution in [3.63, 3.8) is 0 Å². The summed E-state index contributed by atoms with van der Waals surface area (Å²) in [6.45, 7) is 2.15. The molecule has 1 amide bonds. The van der Waals surface area contributed by atoms with E-state index in [0.29, 0.717) is 12.2 Å². The number of hydrogen-bond donors (Lipinski definition) is 2. The zero-order valence-electron chi connectivity index (χ0n) is 11.3. The maximum absolute atomic E-state index is 12.0. The van der Waals surface area contributed by atoms with Crippen LogP contribution in [0.5, 0.6) is 0 Å². The summed E-state index contributed by atoms with van der Waals surface area (Å²) in [4.78, 5) is 13.9. The number of aliphatic hydroxyl groups excluding tert-OH is 1. The third-order valence-electron chi connectivity index (χ3n) is 2.61. The Bertz CT molecular complexity index is 676. The lowest BCUT2D eigenvalue weighted by atomic mass is 10.3. The van der Waals surface area contributed by atoms with Crippen molar-refractivity contribution in [3.05, 3.63) is 39.3 Å². The average molecular weight is 289 g/mol. The first-order chi connectivity index (χ1) is 9.60. The zero-order valence-corrected chi connectivity index (χ0v) is 12.1. The third kappa shape index (κ3) is 3.47. The summed E-state index contributed by atoms with van der Waals surface area (Å²) < 4.78 is 1.57. The van der Waals surface area contributed by atoms with Crippen molar-refractivity contribution in [1.29, 1.82) is 0 Å². The van der Waals surface area contributed by atoms with Crippen LogP contribution < -0.4 is 5.32 Å². The molecule has 0 saturated carbocycles. The summed E-state index contributed by atoms with van der Waals surface area (Å²) in [7, 11) is 1.75. The second-order valence-corrected chi connectivity index (χ2v) is 5.37. The van der Waals surface area contributed by atoms with Crippen LogP contribution in [-0.2, 0) is 13.6 Å². The predicted octanol–water partition coefficient (Wildman–Crippen LogP) is 1.06. The molecule has 5 nitrogen and oxygen atoms in total. The Morgan fingerprint density at radius 2 is 2.35 bits per heavy atom. The summed E-state index contributed by atoms with van der Waals surface area (Å²) in [5.41, 5.74) is 1.36. The van der Waals surface area contributed by atoms with Gasteiger partial charge in [-0.2, -0.15) is 5.10 Å². The molecular formula is C14H15N3O2S. The molecule has 2 aromatic heterocycles. The van der Waals surface area contributed by atoms with Crippen LogP contribution in [0.4, 0.5) is 0 Å². The van der Waals surface area contributed by atoms with Gasteiger partial charge in [0.25, 0.3) is 5.91 Å². The molecule has 0 aliphatic rings. The summed E-state index contributed by atoms with van der Waals surface area (Å²) in [6, 6.07) is 5.55. The fourth-order valence-corrected chi connectivity index (χ4v) is 2.57. The highest BCUT2D eigenvalue weighted by atomic mass is 32.1. The number of carbonyl (C=O) groups excluding carboxylic acids is 1. The number of carbonyl (C=O) groups is 1. The smallest absolute Gasteiger partial charge is 0.269 e. The molecule has 2 N–H and O–H groups in total. The van der Waals surface area contributed by atoms with Crippen LogP contribution in [0, 0.1) is 18.8 Å². The number of amides is 1. The molecule has 6 heteroatoms. The number of aryl methyl sites for hydroxylation is 2. The Kier molecular flexibility index (Phi) is 4.56. The molecule has 0 aliphatic heterocycles. The van der Waals surface area contributed by atoms with Crippen LogP contribution in [0.3, 0.4) is 0 Å². The van der Waals surface area contributed by atoms with E-state index in [2.05, 4.69) is 22.3 Å². The molecule has 2 aromatic rings. The first-order valence-electron chi connectivity index (χ1n) is 6.07. The van der Waals surface area contributed by atoms with Gasteiger partial charge in [0.2, 0.25) is 0 Å². The van der Waals surface area contributed by atoms with Crippen LogP contribution in [0.15, 0.2) is 18.2 Å². The van der Waals surface area contributed by atoms with Crippen molar-refractivity contribution in [2.45, 2.75) is 13.5 Å². The van der Waals surface area contributed by atoms with E-state index < -0.39 is 0 Å². The van der Waals surface area contributed by atoms with Gasteiger partial charge < -0.3 is 10.4 Å². The number of thiophene rings is 1. The molecule has 2 heterocycles. The van der Waals surface area contributed by atoms with Gasteiger partial charge in [0, 0.05) is 11.9 Å². The lowest BCUT2D eigenvalue weighted by molar-refractivity contribution is 0.0942. The monoisotopic (exact) mass is 289 g/mol. The van der Waals surface area contributed by atoms with Crippen molar-refractivity contribution in [2.24, 2.45) is 7.05 Å². The Morgan fingerprint density at radius 3 is 3.00 bits per heavy atom. The number of nitrogens with zero attached hydrogens (tertiary/aromatic N) is 2. The number of rotatable bonds is 3. The normalized spacial score (nSPS) is 9.95. The van der Waals surface area contributed by atoms with Gasteiger partial charge in [0.1, 0.15) is 12.3 Å². The Hall–Kier alpha value is -2.10. The molecule has 20 heavy (non-hydrogen) atoms. The van der Waals surface area contributed by atoms with Crippen molar-refractivity contribution in [3.8, 4) is 11.8 Å². The second kappa shape index (κ2) is 6.37. The topological polar surface area (TPSA) is 67.2 Å². The van der Waals surface area contributed by atoms with E-state index in [1.165, 1.54) is 11.3 Å².